The SMILES string of the molecule is Cc1ccc(S(=O)(=O)Nc2ccc(CNC(=O)CC3c4cc#ccc4N=C(N4CCCCC4)N3c3ccccc3)cc2)cc1. The number of guanidine groups is 1. The van der Waals surface area contributed by atoms with Gasteiger partial charge >= 0.3 is 0 Å². The highest BCUT2D eigenvalue weighted by Gasteiger charge is 2.35. The van der Waals surface area contributed by atoms with E-state index in [2.05, 4.69) is 44.1 Å². The molecule has 0 aliphatic carbocycles. The van der Waals surface area contributed by atoms with Crippen molar-refractivity contribution in [1.82, 2.24) is 10.2 Å². The molecule has 1 saturated heterocycles. The minimum atomic E-state index is -3.69. The van der Waals surface area contributed by atoms with Gasteiger partial charge in [0, 0.05) is 42.6 Å². The van der Waals surface area contributed by atoms with Crippen molar-refractivity contribution >= 4 is 39.0 Å². The van der Waals surface area contributed by atoms with Crippen LogP contribution in [0, 0.1) is 19.1 Å². The van der Waals surface area contributed by atoms with E-state index in [-0.39, 0.29) is 23.3 Å². The lowest BCUT2D eigenvalue weighted by atomic mass is 9.97. The van der Waals surface area contributed by atoms with Crippen molar-refractivity contribution in [3.05, 3.63) is 120 Å². The molecule has 224 valence electrons. The number of benzene rings is 3. The first-order valence-electron chi connectivity index (χ1n) is 14.9. The van der Waals surface area contributed by atoms with Crippen molar-refractivity contribution in [2.75, 3.05) is 22.7 Å². The number of amides is 1. The zero-order valence-electron chi connectivity index (χ0n) is 24.7. The summed E-state index contributed by atoms with van der Waals surface area (Å²) in [5, 5.41) is 3.07. The molecule has 1 unspecified atom stereocenters. The normalized spacial score (nSPS) is 16.4. The van der Waals surface area contributed by atoms with Crippen LogP contribution in [0.15, 0.2) is 101 Å². The molecule has 1 amide bonds. The zero-order chi connectivity index (χ0) is 30.5. The molecule has 8 nitrogen and oxygen atoms in total. The molecular formula is C35H35N5O3S. The van der Waals surface area contributed by atoms with E-state index in [1.54, 1.807) is 36.4 Å². The van der Waals surface area contributed by atoms with Crippen LogP contribution in [0.1, 0.15) is 48.4 Å². The van der Waals surface area contributed by atoms with Gasteiger partial charge in [-0.15, -0.1) is 0 Å². The number of rotatable bonds is 8. The van der Waals surface area contributed by atoms with Crippen molar-refractivity contribution in [1.29, 1.82) is 0 Å². The summed E-state index contributed by atoms with van der Waals surface area (Å²) in [7, 11) is -3.69. The maximum Gasteiger partial charge on any atom is 0.261 e. The Morgan fingerprint density at radius 3 is 2.34 bits per heavy atom. The predicted molar refractivity (Wildman–Crippen MR) is 173 cm³/mol. The Morgan fingerprint density at radius 1 is 0.909 bits per heavy atom. The number of likely N-dealkylation sites (tertiary alicyclic amines) is 1. The van der Waals surface area contributed by atoms with Crippen LogP contribution in [0.5, 0.6) is 0 Å². The Balaban J connectivity index is 1.17. The van der Waals surface area contributed by atoms with Crippen LogP contribution in [0.3, 0.4) is 0 Å². The third-order valence-corrected chi connectivity index (χ3v) is 9.40. The third kappa shape index (κ3) is 6.56. The van der Waals surface area contributed by atoms with Crippen LogP contribution in [-0.2, 0) is 21.4 Å². The second kappa shape index (κ2) is 12.8. The lowest BCUT2D eigenvalue weighted by Crippen LogP contribution is -2.50. The van der Waals surface area contributed by atoms with Gasteiger partial charge in [0.25, 0.3) is 10.0 Å². The molecule has 4 aromatic carbocycles. The molecule has 44 heavy (non-hydrogen) atoms. The van der Waals surface area contributed by atoms with Crippen molar-refractivity contribution < 1.29 is 13.2 Å². The van der Waals surface area contributed by atoms with E-state index < -0.39 is 10.0 Å². The van der Waals surface area contributed by atoms with Gasteiger partial charge in [-0.1, -0.05) is 60.2 Å². The van der Waals surface area contributed by atoms with Crippen LogP contribution < -0.4 is 14.9 Å². The van der Waals surface area contributed by atoms with E-state index >= 15 is 0 Å². The van der Waals surface area contributed by atoms with E-state index in [0.29, 0.717) is 12.2 Å². The second-order valence-corrected chi connectivity index (χ2v) is 12.9. The summed E-state index contributed by atoms with van der Waals surface area (Å²) in [5.41, 5.74) is 5.04. The van der Waals surface area contributed by atoms with Gasteiger partial charge in [0.05, 0.1) is 23.0 Å². The minimum absolute atomic E-state index is 0.0984. The number of nitrogens with zero attached hydrogens (tertiary/aromatic N) is 3. The number of anilines is 2. The molecule has 2 heterocycles. The number of fused-ring (bicyclic) bond motifs is 1. The van der Waals surface area contributed by atoms with E-state index in [4.69, 9.17) is 4.99 Å². The molecule has 1 atom stereocenters. The van der Waals surface area contributed by atoms with E-state index in [9.17, 15) is 13.2 Å². The van der Waals surface area contributed by atoms with Crippen molar-refractivity contribution in [3.8, 4) is 0 Å². The molecule has 9 heteroatoms. The summed E-state index contributed by atoms with van der Waals surface area (Å²) in [4.78, 5) is 23.3. The number of sulfonamides is 1. The van der Waals surface area contributed by atoms with Crippen molar-refractivity contribution in [2.24, 2.45) is 4.99 Å². The van der Waals surface area contributed by atoms with Gasteiger partial charge in [-0.05, 0) is 74.2 Å². The summed E-state index contributed by atoms with van der Waals surface area (Å²) in [6.45, 7) is 4.08. The van der Waals surface area contributed by atoms with Gasteiger partial charge in [0.15, 0.2) is 0 Å². The van der Waals surface area contributed by atoms with Crippen LogP contribution in [-0.4, -0.2) is 38.3 Å². The molecule has 0 bridgehead atoms. The monoisotopic (exact) mass is 605 g/mol. The van der Waals surface area contributed by atoms with Gasteiger partial charge in [-0.25, -0.2) is 13.4 Å². The number of aryl methyl sites for hydroxylation is 1. The summed E-state index contributed by atoms with van der Waals surface area (Å²) >= 11 is 0. The average Bonchev–Trinajstić information content (AvgIpc) is 3.05. The fourth-order valence-corrected chi connectivity index (χ4v) is 6.72. The van der Waals surface area contributed by atoms with E-state index in [1.165, 1.54) is 6.42 Å². The van der Waals surface area contributed by atoms with Gasteiger partial charge in [-0.3, -0.25) is 9.52 Å². The highest BCUT2D eigenvalue weighted by atomic mass is 32.2. The van der Waals surface area contributed by atoms with Crippen LogP contribution in [0.4, 0.5) is 17.1 Å². The number of carbonyl (C=O) groups excluding carboxylic acids is 1. The summed E-state index contributed by atoms with van der Waals surface area (Å²) < 4.78 is 28.1. The summed E-state index contributed by atoms with van der Waals surface area (Å²) in [6, 6.07) is 33.4. The highest BCUT2D eigenvalue weighted by Crippen LogP contribution is 2.40. The lowest BCUT2D eigenvalue weighted by Gasteiger charge is -2.43. The smallest absolute Gasteiger partial charge is 0.261 e. The molecule has 0 radical (unpaired) electrons. The minimum Gasteiger partial charge on any atom is -0.352 e. The molecule has 0 saturated carbocycles. The lowest BCUT2D eigenvalue weighted by molar-refractivity contribution is -0.121. The quantitative estimate of drug-likeness (QED) is 0.252. The zero-order valence-corrected chi connectivity index (χ0v) is 25.5. The Bertz CT molecular complexity index is 1730. The predicted octanol–water partition coefficient (Wildman–Crippen LogP) is 6.14. The average molecular weight is 606 g/mol. The topological polar surface area (TPSA) is 94.1 Å². The maximum atomic E-state index is 13.5. The molecule has 0 spiro atoms. The van der Waals surface area contributed by atoms with Gasteiger partial charge in [-0.2, -0.15) is 0 Å². The largest absolute Gasteiger partial charge is 0.352 e. The molecule has 6 rings (SSSR count). The molecule has 1 fully saturated rings. The van der Waals surface area contributed by atoms with Crippen LogP contribution in [0.25, 0.3) is 0 Å². The number of hydrogen-bond donors (Lipinski definition) is 2. The molecule has 2 aliphatic rings. The van der Waals surface area contributed by atoms with Crippen molar-refractivity contribution in [3.63, 3.8) is 0 Å². The summed E-state index contributed by atoms with van der Waals surface area (Å²) in [5.74, 6) is 0.767. The number of aliphatic imine (C=N–C) groups is 1. The maximum absolute atomic E-state index is 13.5. The number of nitrogens with one attached hydrogen (secondary N) is 2. The molecule has 0 aromatic heterocycles. The molecule has 2 aliphatic heterocycles. The molecular weight excluding hydrogens is 570 g/mol. The molecule has 2 N–H and O–H groups in total. The highest BCUT2D eigenvalue weighted by molar-refractivity contribution is 7.92. The standard InChI is InChI=1S/C35H35N5O3S/c1-26-14-20-30(21-15-26)44(42,43)38-28-18-16-27(17-19-28)25-36-34(41)24-33-31-12-6-7-13-32(31)37-35(39-22-8-3-9-23-39)40(33)29-10-4-2-5-11-29/h2,4-5,10-21,33,38H,3,8-9,22-25H2,1H3,(H,36,41). The Morgan fingerprint density at radius 2 is 1.61 bits per heavy atom. The second-order valence-electron chi connectivity index (χ2n) is 11.2. The first-order valence-corrected chi connectivity index (χ1v) is 16.4. The number of para-hydroxylation sites is 1. The first-order chi connectivity index (χ1) is 21.4. The fraction of sp³-hybridized carbons (Fsp3) is 0.257. The Kier molecular flexibility index (Phi) is 8.53. The Labute approximate surface area is 259 Å². The Hall–Kier alpha value is -4.81. The fourth-order valence-electron chi connectivity index (χ4n) is 5.66. The van der Waals surface area contributed by atoms with Crippen LogP contribution >= 0.6 is 0 Å². The number of carbonyl (C=O) groups is 1. The van der Waals surface area contributed by atoms with E-state index in [0.717, 1.165) is 60.0 Å². The third-order valence-electron chi connectivity index (χ3n) is 8.00. The summed E-state index contributed by atoms with van der Waals surface area (Å²) in [6.07, 6.45) is 3.65. The van der Waals surface area contributed by atoms with Crippen LogP contribution in [0.2, 0.25) is 0 Å². The first kappa shape index (κ1) is 29.3. The van der Waals surface area contributed by atoms with Gasteiger partial charge in [0.1, 0.15) is 0 Å². The van der Waals surface area contributed by atoms with E-state index in [1.807, 2.05) is 49.4 Å². The molecule has 4 aromatic rings. The number of piperidine rings is 1. The number of hydrogen-bond acceptors (Lipinski definition) is 6. The van der Waals surface area contributed by atoms with Gasteiger partial charge in [0.2, 0.25) is 11.9 Å². The van der Waals surface area contributed by atoms with Crippen molar-refractivity contribution in [2.45, 2.75) is 50.1 Å². The van der Waals surface area contributed by atoms with Gasteiger partial charge < -0.3 is 15.1 Å².